The van der Waals surface area contributed by atoms with Crippen LogP contribution >= 0.6 is 23.8 Å². The number of allylic oxidation sites excluding steroid dienone is 1. The second-order valence-electron chi connectivity index (χ2n) is 4.50. The standard InChI is InChI=1S/C15H12ClN2O2S/c1-8-12(15(19)20-2)13(11(7-17)14(21)18-8)9-4-3-5-10(16)6-9/h3-6,13H,1-2H3,(H,18,21)/q-1/t13-/m1/s1. The molecule has 0 spiro atoms. The Labute approximate surface area is 133 Å². The van der Waals surface area contributed by atoms with Gasteiger partial charge in [-0.2, -0.15) is 0 Å². The van der Waals surface area contributed by atoms with E-state index < -0.39 is 11.9 Å². The lowest BCUT2D eigenvalue weighted by molar-refractivity contribution is -0.136. The fourth-order valence-corrected chi connectivity index (χ4v) is 2.83. The SMILES string of the molecule is COC(=O)C1=C(C)NC(=S)C(=C=[N-])[C@H]1c1cccc(Cl)c1. The molecule has 0 unspecified atom stereocenters. The van der Waals surface area contributed by atoms with E-state index in [1.165, 1.54) is 7.11 Å². The van der Waals surface area contributed by atoms with Crippen molar-refractivity contribution < 1.29 is 9.53 Å². The largest absolute Gasteiger partial charge is 0.763 e. The molecule has 1 atom stereocenters. The van der Waals surface area contributed by atoms with Gasteiger partial charge in [0.15, 0.2) is 0 Å². The molecule has 6 heteroatoms. The molecule has 0 saturated heterocycles. The Kier molecular flexibility index (Phi) is 4.58. The molecule has 0 amide bonds. The van der Waals surface area contributed by atoms with Crippen molar-refractivity contribution in [3.05, 3.63) is 57.1 Å². The molecule has 21 heavy (non-hydrogen) atoms. The topological polar surface area (TPSA) is 60.6 Å². The Hall–Kier alpha value is -1.94. The highest BCUT2D eigenvalue weighted by molar-refractivity contribution is 7.80. The lowest BCUT2D eigenvalue weighted by atomic mass is 9.81. The molecule has 1 heterocycles. The van der Waals surface area contributed by atoms with Gasteiger partial charge in [-0.15, -0.1) is 0 Å². The molecular formula is C15H12ClN2O2S-. The quantitative estimate of drug-likeness (QED) is 0.394. The zero-order valence-corrected chi connectivity index (χ0v) is 13.0. The number of ether oxygens (including phenoxy) is 1. The van der Waals surface area contributed by atoms with Gasteiger partial charge in [-0.1, -0.05) is 36.0 Å². The van der Waals surface area contributed by atoms with Crippen LogP contribution in [-0.2, 0) is 9.53 Å². The molecule has 0 bridgehead atoms. The number of benzene rings is 1. The Morgan fingerprint density at radius 3 is 2.81 bits per heavy atom. The summed E-state index contributed by atoms with van der Waals surface area (Å²) in [5.41, 5.74) is 1.97. The van der Waals surface area contributed by atoms with E-state index in [0.29, 0.717) is 26.9 Å². The number of halogens is 1. The summed E-state index contributed by atoms with van der Waals surface area (Å²) in [4.78, 5) is 12.4. The molecule has 1 aliphatic rings. The first kappa shape index (κ1) is 15.4. The molecule has 1 aromatic carbocycles. The summed E-state index contributed by atoms with van der Waals surface area (Å²) >= 11 is 11.2. The minimum absolute atomic E-state index is 0.304. The molecule has 1 aliphatic heterocycles. The average Bonchev–Trinajstić information content (AvgIpc) is 2.45. The zero-order chi connectivity index (χ0) is 15.6. The number of carbonyl (C=O) groups is 1. The lowest BCUT2D eigenvalue weighted by Gasteiger charge is -2.30. The number of thiocarbonyl (C=S) groups is 1. The van der Waals surface area contributed by atoms with E-state index in [4.69, 9.17) is 28.6 Å². The number of esters is 1. The van der Waals surface area contributed by atoms with E-state index in [1.807, 2.05) is 0 Å². The van der Waals surface area contributed by atoms with Crippen LogP contribution in [0.4, 0.5) is 0 Å². The summed E-state index contributed by atoms with van der Waals surface area (Å²) in [7, 11) is 1.30. The number of carbonyl (C=O) groups excluding carboxylic acids is 1. The fourth-order valence-electron chi connectivity index (χ4n) is 2.31. The van der Waals surface area contributed by atoms with Crippen LogP contribution in [-0.4, -0.2) is 23.9 Å². The highest BCUT2D eigenvalue weighted by Gasteiger charge is 2.34. The van der Waals surface area contributed by atoms with Gasteiger partial charge in [-0.3, -0.25) is 5.87 Å². The van der Waals surface area contributed by atoms with Gasteiger partial charge in [-0.05, 0) is 24.6 Å². The summed E-state index contributed by atoms with van der Waals surface area (Å²) in [6.07, 6.45) is 0. The molecule has 0 fully saturated rings. The third kappa shape index (κ3) is 2.90. The van der Waals surface area contributed by atoms with Crippen molar-refractivity contribution in [2.45, 2.75) is 12.8 Å². The Bertz CT molecular complexity index is 705. The third-order valence-electron chi connectivity index (χ3n) is 3.23. The highest BCUT2D eigenvalue weighted by atomic mass is 35.5. The predicted octanol–water partition coefficient (Wildman–Crippen LogP) is 2.97. The van der Waals surface area contributed by atoms with Gasteiger partial charge in [0.2, 0.25) is 0 Å². The van der Waals surface area contributed by atoms with E-state index in [-0.39, 0.29) is 0 Å². The molecule has 4 nitrogen and oxygen atoms in total. The van der Waals surface area contributed by atoms with Crippen molar-refractivity contribution >= 4 is 40.6 Å². The van der Waals surface area contributed by atoms with Crippen LogP contribution in [0.25, 0.3) is 5.41 Å². The van der Waals surface area contributed by atoms with Crippen molar-refractivity contribution in [1.29, 1.82) is 0 Å². The second kappa shape index (κ2) is 6.22. The van der Waals surface area contributed by atoms with E-state index in [1.54, 1.807) is 31.2 Å². The third-order valence-corrected chi connectivity index (χ3v) is 3.79. The maximum atomic E-state index is 12.1. The maximum absolute atomic E-state index is 12.1. The van der Waals surface area contributed by atoms with Crippen LogP contribution in [0.5, 0.6) is 0 Å². The van der Waals surface area contributed by atoms with Gasteiger partial charge in [0.05, 0.1) is 18.6 Å². The molecule has 108 valence electrons. The van der Waals surface area contributed by atoms with Crippen molar-refractivity contribution in [1.82, 2.24) is 5.32 Å². The first-order valence-corrected chi connectivity index (χ1v) is 6.91. The molecule has 0 aliphatic carbocycles. The van der Waals surface area contributed by atoms with Crippen LogP contribution in [0.3, 0.4) is 0 Å². The van der Waals surface area contributed by atoms with Gasteiger partial charge in [0, 0.05) is 16.3 Å². The number of nitrogens with one attached hydrogen (secondary N) is 1. The van der Waals surface area contributed by atoms with Crippen LogP contribution < -0.4 is 5.32 Å². The Balaban J connectivity index is 2.70. The van der Waals surface area contributed by atoms with Crippen molar-refractivity contribution in [2.75, 3.05) is 7.11 Å². The van der Waals surface area contributed by atoms with Crippen LogP contribution in [0, 0.1) is 0 Å². The molecular weight excluding hydrogens is 308 g/mol. The predicted molar refractivity (Wildman–Crippen MR) is 86.5 cm³/mol. The van der Waals surface area contributed by atoms with Crippen LogP contribution in [0.1, 0.15) is 18.4 Å². The van der Waals surface area contributed by atoms with Crippen LogP contribution in [0.2, 0.25) is 5.02 Å². The number of hydrogen-bond donors (Lipinski definition) is 1. The Morgan fingerprint density at radius 2 is 2.24 bits per heavy atom. The molecule has 0 aromatic heterocycles. The molecule has 1 aromatic rings. The summed E-state index contributed by atoms with van der Waals surface area (Å²) in [5, 5.41) is 12.8. The first-order valence-electron chi connectivity index (χ1n) is 6.12. The summed E-state index contributed by atoms with van der Waals surface area (Å²) in [5.74, 6) is 1.01. The van der Waals surface area contributed by atoms with Gasteiger partial charge in [0.1, 0.15) is 4.99 Å². The minimum atomic E-state index is -0.574. The highest BCUT2D eigenvalue weighted by Crippen LogP contribution is 2.37. The van der Waals surface area contributed by atoms with E-state index >= 15 is 0 Å². The van der Waals surface area contributed by atoms with E-state index in [2.05, 4.69) is 11.2 Å². The van der Waals surface area contributed by atoms with Gasteiger partial charge >= 0.3 is 5.97 Å². The van der Waals surface area contributed by atoms with Gasteiger partial charge in [0.25, 0.3) is 0 Å². The van der Waals surface area contributed by atoms with Gasteiger partial charge < -0.3 is 15.5 Å². The zero-order valence-electron chi connectivity index (χ0n) is 11.4. The average molecular weight is 320 g/mol. The lowest BCUT2D eigenvalue weighted by Crippen LogP contribution is -2.35. The van der Waals surface area contributed by atoms with Gasteiger partial charge in [-0.25, -0.2) is 4.79 Å². The van der Waals surface area contributed by atoms with E-state index in [9.17, 15) is 10.2 Å². The number of rotatable bonds is 2. The Morgan fingerprint density at radius 1 is 1.52 bits per heavy atom. The molecule has 0 radical (unpaired) electrons. The number of nitrogens with zero attached hydrogens (tertiary/aromatic N) is 1. The summed E-state index contributed by atoms with van der Waals surface area (Å²) in [6.45, 7) is 1.73. The second-order valence-corrected chi connectivity index (χ2v) is 5.34. The van der Waals surface area contributed by atoms with Crippen molar-refractivity contribution in [2.24, 2.45) is 0 Å². The van der Waals surface area contributed by atoms with E-state index in [0.717, 1.165) is 5.56 Å². The smallest absolute Gasteiger partial charge is 0.336 e. The summed E-state index contributed by atoms with van der Waals surface area (Å²) in [6, 6.07) is 7.01. The van der Waals surface area contributed by atoms with Crippen molar-refractivity contribution in [3.8, 4) is 0 Å². The van der Waals surface area contributed by atoms with Crippen molar-refractivity contribution in [3.63, 3.8) is 0 Å². The molecule has 2 rings (SSSR count). The monoisotopic (exact) mass is 319 g/mol. The number of hydrogen-bond acceptors (Lipinski definition) is 3. The summed E-state index contributed by atoms with van der Waals surface area (Å²) < 4.78 is 4.83. The first-order chi connectivity index (χ1) is 9.99. The molecule has 1 N–H and O–H groups in total. The normalized spacial score (nSPS) is 18.1. The number of methoxy groups -OCH3 is 1. The fraction of sp³-hybridized carbons (Fsp3) is 0.200. The van der Waals surface area contributed by atoms with Crippen LogP contribution in [0.15, 0.2) is 41.1 Å². The minimum Gasteiger partial charge on any atom is -0.763 e. The molecule has 0 saturated carbocycles. The maximum Gasteiger partial charge on any atom is 0.336 e.